The highest BCUT2D eigenvalue weighted by Gasteiger charge is 2.21. The second-order valence-electron chi connectivity index (χ2n) is 7.05. The van der Waals surface area contributed by atoms with Crippen LogP contribution in [0.25, 0.3) is 0 Å². The second kappa shape index (κ2) is 9.81. The average molecular weight is 382 g/mol. The van der Waals surface area contributed by atoms with E-state index >= 15 is 0 Å². The number of carbonyl (C=O) groups excluding carboxylic acids is 1. The van der Waals surface area contributed by atoms with E-state index < -0.39 is 0 Å². The molecule has 0 aliphatic carbocycles. The number of amides is 1. The number of nitrogens with zero attached hydrogens (tertiary/aromatic N) is 1. The fraction of sp³-hybridized carbons (Fsp3) is 0.632. The summed E-state index contributed by atoms with van der Waals surface area (Å²) in [5, 5.41) is 7.42. The highest BCUT2D eigenvalue weighted by Crippen LogP contribution is 2.22. The summed E-state index contributed by atoms with van der Waals surface area (Å²) in [5.74, 6) is 3.00. The number of nitrogens with one attached hydrogen (secondary N) is 2. The molecule has 3 rings (SSSR count). The summed E-state index contributed by atoms with van der Waals surface area (Å²) < 4.78 is 0. The maximum Gasteiger partial charge on any atom is 0.221 e. The first-order valence-electron chi connectivity index (χ1n) is 9.24. The van der Waals surface area contributed by atoms with Crippen LogP contribution in [0.15, 0.2) is 24.3 Å². The normalized spacial score (nSPS) is 22.7. The molecule has 0 aromatic heterocycles. The van der Waals surface area contributed by atoms with Crippen molar-refractivity contribution < 1.29 is 4.79 Å². The van der Waals surface area contributed by atoms with E-state index in [0.29, 0.717) is 18.4 Å². The third-order valence-corrected chi connectivity index (χ3v) is 6.58. The number of halogens is 1. The molecule has 1 unspecified atom stereocenters. The van der Waals surface area contributed by atoms with Gasteiger partial charge in [0.25, 0.3) is 0 Å². The van der Waals surface area contributed by atoms with Gasteiger partial charge in [-0.3, -0.25) is 9.69 Å². The SMILES string of the molecule is O=C(CC1CSCCN1)NCC1CCN(Cc2ccccc2Cl)CC1. The lowest BCUT2D eigenvalue weighted by Gasteiger charge is -2.32. The molecule has 0 bridgehead atoms. The Morgan fingerprint density at radius 3 is 2.84 bits per heavy atom. The number of piperidine rings is 1. The summed E-state index contributed by atoms with van der Waals surface area (Å²) >= 11 is 8.19. The predicted molar refractivity (Wildman–Crippen MR) is 106 cm³/mol. The minimum absolute atomic E-state index is 0.193. The van der Waals surface area contributed by atoms with Crippen molar-refractivity contribution in [3.8, 4) is 0 Å². The smallest absolute Gasteiger partial charge is 0.221 e. The highest BCUT2D eigenvalue weighted by molar-refractivity contribution is 7.99. The third kappa shape index (κ3) is 6.17. The molecule has 0 spiro atoms. The molecule has 6 heteroatoms. The number of thioether (sulfide) groups is 1. The lowest BCUT2D eigenvalue weighted by molar-refractivity contribution is -0.121. The number of likely N-dealkylation sites (tertiary alicyclic amines) is 1. The maximum atomic E-state index is 12.1. The molecule has 4 nitrogen and oxygen atoms in total. The average Bonchev–Trinajstić information content (AvgIpc) is 2.64. The van der Waals surface area contributed by atoms with E-state index in [1.165, 1.54) is 5.56 Å². The highest BCUT2D eigenvalue weighted by atomic mass is 35.5. The van der Waals surface area contributed by atoms with E-state index in [1.807, 2.05) is 30.0 Å². The van der Waals surface area contributed by atoms with Crippen LogP contribution in [-0.2, 0) is 11.3 Å². The summed E-state index contributed by atoms with van der Waals surface area (Å²) in [6.07, 6.45) is 2.89. The van der Waals surface area contributed by atoms with E-state index in [2.05, 4.69) is 21.6 Å². The summed E-state index contributed by atoms with van der Waals surface area (Å²) in [5.41, 5.74) is 1.20. The van der Waals surface area contributed by atoms with Crippen molar-refractivity contribution in [3.63, 3.8) is 0 Å². The van der Waals surface area contributed by atoms with Gasteiger partial charge in [-0.25, -0.2) is 0 Å². The van der Waals surface area contributed by atoms with Gasteiger partial charge in [0.1, 0.15) is 0 Å². The molecule has 1 aromatic carbocycles. The van der Waals surface area contributed by atoms with Gasteiger partial charge in [-0.05, 0) is 43.5 Å². The van der Waals surface area contributed by atoms with Gasteiger partial charge in [0.15, 0.2) is 0 Å². The van der Waals surface area contributed by atoms with Crippen molar-refractivity contribution in [3.05, 3.63) is 34.9 Å². The zero-order chi connectivity index (χ0) is 17.5. The Kier molecular flexibility index (Phi) is 7.47. The fourth-order valence-corrected chi connectivity index (χ4v) is 4.67. The zero-order valence-electron chi connectivity index (χ0n) is 14.7. The second-order valence-corrected chi connectivity index (χ2v) is 8.60. The van der Waals surface area contributed by atoms with Gasteiger partial charge in [-0.1, -0.05) is 29.8 Å². The number of hydrogen-bond donors (Lipinski definition) is 2. The molecule has 0 radical (unpaired) electrons. The summed E-state index contributed by atoms with van der Waals surface area (Å²) in [6.45, 7) is 4.91. The molecular formula is C19H28ClN3OS. The van der Waals surface area contributed by atoms with Crippen LogP contribution in [0.4, 0.5) is 0 Å². The van der Waals surface area contributed by atoms with E-state index in [-0.39, 0.29) is 5.91 Å². The van der Waals surface area contributed by atoms with Crippen LogP contribution >= 0.6 is 23.4 Å². The van der Waals surface area contributed by atoms with Gasteiger partial charge >= 0.3 is 0 Å². The van der Waals surface area contributed by atoms with E-state index in [4.69, 9.17) is 11.6 Å². The van der Waals surface area contributed by atoms with E-state index in [9.17, 15) is 4.79 Å². The lowest BCUT2D eigenvalue weighted by Crippen LogP contribution is -2.43. The molecule has 1 aromatic rings. The lowest BCUT2D eigenvalue weighted by atomic mass is 9.96. The Bertz CT molecular complexity index is 557. The molecule has 138 valence electrons. The Morgan fingerprint density at radius 1 is 1.32 bits per heavy atom. The van der Waals surface area contributed by atoms with Gasteiger partial charge in [0.05, 0.1) is 0 Å². The van der Waals surface area contributed by atoms with Crippen molar-refractivity contribution in [2.45, 2.75) is 31.8 Å². The minimum Gasteiger partial charge on any atom is -0.356 e. The molecule has 0 saturated carbocycles. The standard InChI is InChI=1S/C19H28ClN3OS/c20-18-4-2-1-3-16(18)13-23-8-5-15(6-9-23)12-22-19(24)11-17-14-25-10-7-21-17/h1-4,15,17,21H,5-14H2,(H,22,24). The molecule has 2 aliphatic rings. The molecule has 2 heterocycles. The first kappa shape index (κ1) is 19.0. The van der Waals surface area contributed by atoms with Gasteiger partial charge in [0.2, 0.25) is 5.91 Å². The molecule has 2 N–H and O–H groups in total. The minimum atomic E-state index is 0.193. The first-order valence-corrected chi connectivity index (χ1v) is 10.8. The number of rotatable bonds is 6. The van der Waals surface area contributed by atoms with Crippen LogP contribution in [0, 0.1) is 5.92 Å². The number of hydrogen-bond acceptors (Lipinski definition) is 4. The largest absolute Gasteiger partial charge is 0.356 e. The van der Waals surface area contributed by atoms with Crippen LogP contribution in [0.1, 0.15) is 24.8 Å². The Labute approximate surface area is 160 Å². The predicted octanol–water partition coefficient (Wildman–Crippen LogP) is 2.76. The quantitative estimate of drug-likeness (QED) is 0.795. The molecule has 2 saturated heterocycles. The number of carbonyl (C=O) groups is 1. The van der Waals surface area contributed by atoms with Crippen molar-refractivity contribution in [1.82, 2.24) is 15.5 Å². The molecule has 1 atom stereocenters. The summed E-state index contributed by atoms with van der Waals surface area (Å²) in [7, 11) is 0. The van der Waals surface area contributed by atoms with Crippen LogP contribution in [0.3, 0.4) is 0 Å². The first-order chi connectivity index (χ1) is 12.2. The monoisotopic (exact) mass is 381 g/mol. The topological polar surface area (TPSA) is 44.4 Å². The Balaban J connectivity index is 1.33. The van der Waals surface area contributed by atoms with Crippen molar-refractivity contribution in [2.24, 2.45) is 5.92 Å². The molecule has 1 amide bonds. The fourth-order valence-electron chi connectivity index (χ4n) is 3.52. The zero-order valence-corrected chi connectivity index (χ0v) is 16.2. The molecule has 25 heavy (non-hydrogen) atoms. The van der Waals surface area contributed by atoms with Gasteiger partial charge in [0, 0.05) is 48.6 Å². The molecular weight excluding hydrogens is 354 g/mol. The van der Waals surface area contributed by atoms with E-state index in [0.717, 1.165) is 62.1 Å². The van der Waals surface area contributed by atoms with Crippen LogP contribution in [0.2, 0.25) is 5.02 Å². The van der Waals surface area contributed by atoms with Gasteiger partial charge in [-0.2, -0.15) is 11.8 Å². The molecule has 2 fully saturated rings. The van der Waals surface area contributed by atoms with Crippen LogP contribution in [0.5, 0.6) is 0 Å². The van der Waals surface area contributed by atoms with Crippen LogP contribution < -0.4 is 10.6 Å². The molecule has 2 aliphatic heterocycles. The van der Waals surface area contributed by atoms with Gasteiger partial charge in [-0.15, -0.1) is 0 Å². The van der Waals surface area contributed by atoms with Gasteiger partial charge < -0.3 is 10.6 Å². The maximum absolute atomic E-state index is 12.1. The number of benzene rings is 1. The van der Waals surface area contributed by atoms with Crippen molar-refractivity contribution >= 4 is 29.3 Å². The Hall–Kier alpha value is -0.750. The summed E-state index contributed by atoms with van der Waals surface area (Å²) in [4.78, 5) is 14.6. The third-order valence-electron chi connectivity index (χ3n) is 5.08. The van der Waals surface area contributed by atoms with Crippen molar-refractivity contribution in [2.75, 3.05) is 37.7 Å². The Morgan fingerprint density at radius 2 is 2.12 bits per heavy atom. The van der Waals surface area contributed by atoms with Crippen molar-refractivity contribution in [1.29, 1.82) is 0 Å². The van der Waals surface area contributed by atoms with E-state index in [1.54, 1.807) is 0 Å². The summed E-state index contributed by atoms with van der Waals surface area (Å²) in [6, 6.07) is 8.42. The van der Waals surface area contributed by atoms with Crippen LogP contribution in [-0.4, -0.2) is 54.5 Å².